The molecule has 0 aliphatic carbocycles. The molecule has 0 aliphatic heterocycles. The Morgan fingerprint density at radius 3 is 2.50 bits per heavy atom. The summed E-state index contributed by atoms with van der Waals surface area (Å²) in [7, 11) is 0. The first-order valence-electron chi connectivity index (χ1n) is 5.49. The minimum Gasteiger partial charge on any atom is -0.481 e. The minimum absolute atomic E-state index is 0.123. The summed E-state index contributed by atoms with van der Waals surface area (Å²) in [5, 5.41) is 29.5. The maximum atomic E-state index is 10.8. The van der Waals surface area contributed by atoms with E-state index in [4.69, 9.17) is 5.11 Å². The Labute approximate surface area is 104 Å². The van der Waals surface area contributed by atoms with Crippen LogP contribution in [0.4, 0.5) is 5.69 Å². The molecule has 98 valence electrons. The molecule has 0 aromatic heterocycles. The van der Waals surface area contributed by atoms with Crippen LogP contribution in [-0.2, 0) is 4.79 Å². The van der Waals surface area contributed by atoms with Gasteiger partial charge in [-0.2, -0.15) is 0 Å². The van der Waals surface area contributed by atoms with E-state index in [1.165, 1.54) is 25.1 Å². The number of carboxylic acids is 1. The summed E-state index contributed by atoms with van der Waals surface area (Å²) in [6.45, 7) is 3.09. The highest BCUT2D eigenvalue weighted by molar-refractivity contribution is 5.69. The van der Waals surface area contributed by atoms with E-state index in [2.05, 4.69) is 0 Å². The van der Waals surface area contributed by atoms with Crippen molar-refractivity contribution >= 4 is 11.7 Å². The molecule has 0 aliphatic rings. The van der Waals surface area contributed by atoms with Crippen molar-refractivity contribution in [3.63, 3.8) is 0 Å². The van der Waals surface area contributed by atoms with Gasteiger partial charge in [-0.25, -0.2) is 0 Å². The van der Waals surface area contributed by atoms with E-state index in [9.17, 15) is 20.0 Å². The Bertz CT molecular complexity index is 460. The van der Waals surface area contributed by atoms with Crippen LogP contribution in [-0.4, -0.2) is 21.1 Å². The molecule has 0 amide bonds. The molecule has 0 saturated heterocycles. The first kappa shape index (κ1) is 14.1. The van der Waals surface area contributed by atoms with E-state index in [1.807, 2.05) is 0 Å². The summed E-state index contributed by atoms with van der Waals surface area (Å²) in [4.78, 5) is 20.9. The number of non-ortho nitro benzene ring substituents is 1. The largest absolute Gasteiger partial charge is 0.481 e. The van der Waals surface area contributed by atoms with Crippen molar-refractivity contribution < 1.29 is 19.9 Å². The number of rotatable bonds is 5. The number of aliphatic hydroxyl groups excluding tert-OH is 1. The molecule has 1 rings (SSSR count). The summed E-state index contributed by atoms with van der Waals surface area (Å²) < 4.78 is 0. The molecular formula is C12H15NO5. The van der Waals surface area contributed by atoms with E-state index in [1.54, 1.807) is 13.0 Å². The van der Waals surface area contributed by atoms with Gasteiger partial charge in [-0.1, -0.05) is 26.0 Å². The first-order chi connectivity index (χ1) is 8.34. The molecule has 6 heteroatoms. The normalized spacial score (nSPS) is 15.7. The molecule has 2 N–H and O–H groups in total. The number of aliphatic hydroxyl groups is 1. The number of nitrogens with zero attached hydrogens (tertiary/aromatic N) is 1. The van der Waals surface area contributed by atoms with Gasteiger partial charge in [-0.15, -0.1) is 0 Å². The van der Waals surface area contributed by atoms with Crippen molar-refractivity contribution in [1.82, 2.24) is 0 Å². The highest BCUT2D eigenvalue weighted by atomic mass is 16.6. The number of nitro benzene ring substituents is 1. The van der Waals surface area contributed by atoms with Crippen LogP contribution >= 0.6 is 0 Å². The lowest BCUT2D eigenvalue weighted by Crippen LogP contribution is -2.23. The van der Waals surface area contributed by atoms with Crippen LogP contribution in [0.25, 0.3) is 0 Å². The van der Waals surface area contributed by atoms with Crippen LogP contribution in [0.2, 0.25) is 0 Å². The summed E-state index contributed by atoms with van der Waals surface area (Å²) in [6, 6.07) is 5.59. The van der Waals surface area contributed by atoms with E-state index in [-0.39, 0.29) is 5.69 Å². The second-order valence-corrected chi connectivity index (χ2v) is 4.28. The smallest absolute Gasteiger partial charge is 0.306 e. The lowest BCUT2D eigenvalue weighted by molar-refractivity contribution is -0.385. The lowest BCUT2D eigenvalue weighted by atomic mass is 9.87. The van der Waals surface area contributed by atoms with E-state index < -0.39 is 28.8 Å². The molecule has 0 saturated carbocycles. The van der Waals surface area contributed by atoms with Gasteiger partial charge in [-0.3, -0.25) is 14.9 Å². The van der Waals surface area contributed by atoms with Crippen molar-refractivity contribution in [2.45, 2.75) is 20.0 Å². The zero-order chi connectivity index (χ0) is 13.9. The molecule has 1 aromatic rings. The molecule has 6 nitrogen and oxygen atoms in total. The van der Waals surface area contributed by atoms with Crippen molar-refractivity contribution in [3.05, 3.63) is 39.9 Å². The Morgan fingerprint density at radius 2 is 2.00 bits per heavy atom. The van der Waals surface area contributed by atoms with Crippen LogP contribution in [0.5, 0.6) is 0 Å². The standard InChI is InChI=1S/C12H15NO5/c1-7(8(2)12(15)16)11(14)9-4-3-5-10(6-9)13(17)18/h3-8,11,14H,1-2H3,(H,15,16). The van der Waals surface area contributed by atoms with E-state index in [0.717, 1.165) is 0 Å². The molecule has 1 aromatic carbocycles. The van der Waals surface area contributed by atoms with Crippen LogP contribution in [0, 0.1) is 22.0 Å². The van der Waals surface area contributed by atoms with Crippen LogP contribution in [0.3, 0.4) is 0 Å². The maximum Gasteiger partial charge on any atom is 0.306 e. The lowest BCUT2D eigenvalue weighted by Gasteiger charge is -2.22. The number of aliphatic carboxylic acids is 1. The van der Waals surface area contributed by atoms with Gasteiger partial charge in [0.1, 0.15) is 0 Å². The highest BCUT2D eigenvalue weighted by Gasteiger charge is 2.27. The Hall–Kier alpha value is -1.95. The fourth-order valence-electron chi connectivity index (χ4n) is 1.62. The third-order valence-corrected chi connectivity index (χ3v) is 3.10. The third kappa shape index (κ3) is 3.04. The zero-order valence-corrected chi connectivity index (χ0v) is 10.1. The summed E-state index contributed by atoms with van der Waals surface area (Å²) in [5.41, 5.74) is 0.228. The Morgan fingerprint density at radius 1 is 1.39 bits per heavy atom. The molecule has 3 atom stereocenters. The summed E-state index contributed by atoms with van der Waals surface area (Å²) in [6.07, 6.45) is -1.05. The maximum absolute atomic E-state index is 10.8. The number of hydrogen-bond acceptors (Lipinski definition) is 4. The number of benzene rings is 1. The molecule has 0 heterocycles. The quantitative estimate of drug-likeness (QED) is 0.617. The van der Waals surface area contributed by atoms with Gasteiger partial charge in [0, 0.05) is 12.1 Å². The number of carboxylic acid groups (broad SMARTS) is 1. The predicted molar refractivity (Wildman–Crippen MR) is 64.0 cm³/mol. The fourth-order valence-corrected chi connectivity index (χ4v) is 1.62. The highest BCUT2D eigenvalue weighted by Crippen LogP contribution is 2.29. The Kier molecular flexibility index (Phi) is 4.38. The van der Waals surface area contributed by atoms with Crippen LogP contribution < -0.4 is 0 Å². The molecule has 0 radical (unpaired) electrons. The second-order valence-electron chi connectivity index (χ2n) is 4.28. The van der Waals surface area contributed by atoms with E-state index in [0.29, 0.717) is 5.56 Å². The van der Waals surface area contributed by atoms with Gasteiger partial charge in [-0.05, 0) is 11.5 Å². The van der Waals surface area contributed by atoms with Crippen molar-refractivity contribution in [1.29, 1.82) is 0 Å². The van der Waals surface area contributed by atoms with Gasteiger partial charge >= 0.3 is 5.97 Å². The third-order valence-electron chi connectivity index (χ3n) is 3.10. The Balaban J connectivity index is 2.96. The van der Waals surface area contributed by atoms with Gasteiger partial charge in [0.25, 0.3) is 5.69 Å². The predicted octanol–water partition coefficient (Wildman–Crippen LogP) is 1.98. The number of nitro groups is 1. The van der Waals surface area contributed by atoms with Crippen LogP contribution in [0.15, 0.2) is 24.3 Å². The molecule has 0 bridgehead atoms. The monoisotopic (exact) mass is 253 g/mol. The summed E-state index contributed by atoms with van der Waals surface area (Å²) in [5.74, 6) is -2.28. The van der Waals surface area contributed by atoms with Crippen molar-refractivity contribution in [2.24, 2.45) is 11.8 Å². The summed E-state index contributed by atoms with van der Waals surface area (Å²) >= 11 is 0. The second kappa shape index (κ2) is 5.59. The van der Waals surface area contributed by atoms with Crippen LogP contribution in [0.1, 0.15) is 25.5 Å². The topological polar surface area (TPSA) is 101 Å². The van der Waals surface area contributed by atoms with Crippen molar-refractivity contribution in [2.75, 3.05) is 0 Å². The molecular weight excluding hydrogens is 238 g/mol. The SMILES string of the molecule is CC(C(=O)O)C(C)C(O)c1cccc([N+](=O)[O-])c1. The first-order valence-corrected chi connectivity index (χ1v) is 5.49. The van der Waals surface area contributed by atoms with Gasteiger partial charge in [0.2, 0.25) is 0 Å². The number of carbonyl (C=O) groups is 1. The fraction of sp³-hybridized carbons (Fsp3) is 0.417. The average molecular weight is 253 g/mol. The molecule has 0 spiro atoms. The van der Waals surface area contributed by atoms with Crippen molar-refractivity contribution in [3.8, 4) is 0 Å². The zero-order valence-electron chi connectivity index (χ0n) is 10.1. The van der Waals surface area contributed by atoms with Gasteiger partial charge < -0.3 is 10.2 Å². The van der Waals surface area contributed by atoms with Gasteiger partial charge in [0.05, 0.1) is 16.9 Å². The van der Waals surface area contributed by atoms with E-state index >= 15 is 0 Å². The average Bonchev–Trinajstić information content (AvgIpc) is 2.36. The number of hydrogen-bond donors (Lipinski definition) is 2. The molecule has 18 heavy (non-hydrogen) atoms. The molecule has 3 unspecified atom stereocenters. The molecule has 0 fully saturated rings. The minimum atomic E-state index is -1.05. The van der Waals surface area contributed by atoms with Gasteiger partial charge in [0.15, 0.2) is 0 Å².